The molecule has 0 spiro atoms. The second kappa shape index (κ2) is 10.1. The number of rotatable bonds is 8. The van der Waals surface area contributed by atoms with E-state index in [1.165, 1.54) is 21.9 Å². The summed E-state index contributed by atoms with van der Waals surface area (Å²) in [6.07, 6.45) is 1.34. The number of hydrogen-bond donors (Lipinski definition) is 3. The highest BCUT2D eigenvalue weighted by Gasteiger charge is 2.17. The van der Waals surface area contributed by atoms with Gasteiger partial charge in [0.25, 0.3) is 0 Å². The molecule has 1 heterocycles. The highest BCUT2D eigenvalue weighted by atomic mass is 32.1. The van der Waals surface area contributed by atoms with Gasteiger partial charge in [0.2, 0.25) is 5.91 Å². The molecule has 5 nitrogen and oxygen atoms in total. The van der Waals surface area contributed by atoms with Gasteiger partial charge in [-0.3, -0.25) is 9.79 Å². The summed E-state index contributed by atoms with van der Waals surface area (Å²) in [6, 6.07) is 10.6. The Hall–Kier alpha value is -2.41. The van der Waals surface area contributed by atoms with Gasteiger partial charge in [-0.15, -0.1) is 11.3 Å². The number of hydrogen-bond acceptors (Lipinski definition) is 3. The number of nitrogens with two attached hydrogens (primary N) is 1. The first kappa shape index (κ1) is 20.9. The minimum atomic E-state index is -0.413. The Morgan fingerprint density at radius 3 is 2.48 bits per heavy atom. The zero-order valence-electron chi connectivity index (χ0n) is 16.0. The average molecular weight is 391 g/mol. The fourth-order valence-corrected chi connectivity index (χ4v) is 3.79. The van der Waals surface area contributed by atoms with Gasteiger partial charge in [-0.2, -0.15) is 0 Å². The maximum absolute atomic E-state index is 13.0. The van der Waals surface area contributed by atoms with E-state index >= 15 is 0 Å². The molecule has 1 aromatic carbocycles. The van der Waals surface area contributed by atoms with E-state index in [4.69, 9.17) is 5.73 Å². The number of halogens is 1. The topological polar surface area (TPSA) is 79.5 Å². The maximum Gasteiger partial charge on any atom is 0.222 e. The number of carbonyl (C=O) groups excluding carboxylic acids is 1. The van der Waals surface area contributed by atoms with Crippen LogP contribution in [0.4, 0.5) is 4.39 Å². The second-order valence-electron chi connectivity index (χ2n) is 6.64. The molecule has 0 bridgehead atoms. The van der Waals surface area contributed by atoms with Gasteiger partial charge in [-0.05, 0) is 50.1 Å². The first-order valence-electron chi connectivity index (χ1n) is 8.93. The van der Waals surface area contributed by atoms with Crippen LogP contribution in [0.5, 0.6) is 0 Å². The zero-order chi connectivity index (χ0) is 19.8. The van der Waals surface area contributed by atoms with Crippen molar-refractivity contribution in [1.82, 2.24) is 10.6 Å². The number of aliphatic imine (C=N–C) groups is 1. The highest BCUT2D eigenvalue weighted by Crippen LogP contribution is 2.16. The van der Waals surface area contributed by atoms with Gasteiger partial charge in [0.15, 0.2) is 5.96 Å². The summed E-state index contributed by atoms with van der Waals surface area (Å²) in [5.41, 5.74) is 6.40. The van der Waals surface area contributed by atoms with Crippen molar-refractivity contribution in [2.45, 2.75) is 32.7 Å². The Bertz CT molecular complexity index is 773. The summed E-state index contributed by atoms with van der Waals surface area (Å²) >= 11 is 1.79. The summed E-state index contributed by atoms with van der Waals surface area (Å²) in [4.78, 5) is 18.6. The summed E-state index contributed by atoms with van der Waals surface area (Å²) in [5.74, 6) is -0.484. The Labute approximate surface area is 163 Å². The van der Waals surface area contributed by atoms with Crippen molar-refractivity contribution < 1.29 is 9.18 Å². The molecular formula is C20H27FN4OS. The standard InChI is InChI=1S/C20H27FN4OS/c1-13(10-18-9-4-14(2)27-18)25-20(23-3)24-12-16(19(22)26)11-15-5-7-17(21)8-6-15/h4-9,13,16H,10-12H2,1-3H3,(H2,22,26)(H2,23,24,25). The van der Waals surface area contributed by atoms with Crippen LogP contribution in [0, 0.1) is 18.7 Å². The first-order chi connectivity index (χ1) is 12.9. The van der Waals surface area contributed by atoms with Crippen molar-refractivity contribution in [2.75, 3.05) is 13.6 Å². The van der Waals surface area contributed by atoms with Gasteiger partial charge >= 0.3 is 0 Å². The molecule has 7 heteroatoms. The van der Waals surface area contributed by atoms with Crippen molar-refractivity contribution in [3.63, 3.8) is 0 Å². The van der Waals surface area contributed by atoms with Gasteiger partial charge in [0, 0.05) is 35.8 Å². The van der Waals surface area contributed by atoms with E-state index in [9.17, 15) is 9.18 Å². The second-order valence-corrected chi connectivity index (χ2v) is 8.02. The highest BCUT2D eigenvalue weighted by molar-refractivity contribution is 7.11. The molecule has 27 heavy (non-hydrogen) atoms. The van der Waals surface area contributed by atoms with Crippen LogP contribution < -0.4 is 16.4 Å². The molecule has 0 aliphatic carbocycles. The molecule has 1 amide bonds. The minimum absolute atomic E-state index is 0.193. The number of thiophene rings is 1. The maximum atomic E-state index is 13.0. The van der Waals surface area contributed by atoms with E-state index in [1.54, 1.807) is 30.5 Å². The third kappa shape index (κ3) is 7.02. The summed E-state index contributed by atoms with van der Waals surface area (Å²) in [6.45, 7) is 4.54. The Morgan fingerprint density at radius 2 is 1.93 bits per heavy atom. The third-order valence-electron chi connectivity index (χ3n) is 4.22. The molecule has 0 saturated heterocycles. The predicted molar refractivity (Wildman–Crippen MR) is 110 cm³/mol. The predicted octanol–water partition coefficient (Wildman–Crippen LogP) is 2.64. The normalized spacial score (nSPS) is 13.9. The van der Waals surface area contributed by atoms with Gasteiger partial charge in [-0.1, -0.05) is 12.1 Å². The van der Waals surface area contributed by atoms with E-state index in [1.807, 2.05) is 0 Å². The molecule has 2 unspecified atom stereocenters. The quantitative estimate of drug-likeness (QED) is 0.479. The van der Waals surface area contributed by atoms with Crippen LogP contribution >= 0.6 is 11.3 Å². The monoisotopic (exact) mass is 390 g/mol. The van der Waals surface area contributed by atoms with Crippen LogP contribution in [0.2, 0.25) is 0 Å². The smallest absolute Gasteiger partial charge is 0.222 e. The number of benzene rings is 1. The number of aryl methyl sites for hydroxylation is 1. The van der Waals surface area contributed by atoms with E-state index in [0.717, 1.165) is 12.0 Å². The molecule has 4 N–H and O–H groups in total. The van der Waals surface area contributed by atoms with Crippen LogP contribution in [-0.4, -0.2) is 31.5 Å². The SMILES string of the molecule is CN=C(NCC(Cc1ccc(F)cc1)C(N)=O)NC(C)Cc1ccc(C)s1. The van der Waals surface area contributed by atoms with Crippen molar-refractivity contribution in [3.05, 3.63) is 57.5 Å². The van der Waals surface area contributed by atoms with Gasteiger partial charge < -0.3 is 16.4 Å². The van der Waals surface area contributed by atoms with Gasteiger partial charge in [-0.25, -0.2) is 4.39 Å². The zero-order valence-corrected chi connectivity index (χ0v) is 16.8. The molecule has 1 aromatic heterocycles. The molecule has 2 atom stereocenters. The lowest BCUT2D eigenvalue weighted by Crippen LogP contribution is -2.46. The average Bonchev–Trinajstić information content (AvgIpc) is 3.03. The lowest BCUT2D eigenvalue weighted by Gasteiger charge is -2.20. The fourth-order valence-electron chi connectivity index (χ4n) is 2.77. The lowest BCUT2D eigenvalue weighted by atomic mass is 9.98. The number of nitrogens with zero attached hydrogens (tertiary/aromatic N) is 1. The Balaban J connectivity index is 1.87. The largest absolute Gasteiger partial charge is 0.369 e. The number of guanidine groups is 1. The van der Waals surface area contributed by atoms with E-state index < -0.39 is 11.8 Å². The number of amides is 1. The molecule has 2 aromatic rings. The van der Waals surface area contributed by atoms with Crippen molar-refractivity contribution in [3.8, 4) is 0 Å². The van der Waals surface area contributed by atoms with Crippen LogP contribution in [-0.2, 0) is 17.6 Å². The van der Waals surface area contributed by atoms with Crippen molar-refractivity contribution >= 4 is 23.2 Å². The van der Waals surface area contributed by atoms with E-state index in [0.29, 0.717) is 18.9 Å². The number of nitrogens with one attached hydrogen (secondary N) is 2. The van der Waals surface area contributed by atoms with Gasteiger partial charge in [0.05, 0.1) is 5.92 Å². The van der Waals surface area contributed by atoms with Crippen LogP contribution in [0.15, 0.2) is 41.4 Å². The third-order valence-corrected chi connectivity index (χ3v) is 5.25. The molecule has 0 aliphatic heterocycles. The molecule has 0 fully saturated rings. The summed E-state index contributed by atoms with van der Waals surface area (Å²) in [7, 11) is 1.69. The molecule has 146 valence electrons. The Kier molecular flexibility index (Phi) is 7.79. The molecular weight excluding hydrogens is 363 g/mol. The number of carbonyl (C=O) groups is 1. The van der Waals surface area contributed by atoms with E-state index in [-0.39, 0.29) is 11.9 Å². The first-order valence-corrected chi connectivity index (χ1v) is 9.75. The molecule has 2 rings (SSSR count). The van der Waals surface area contributed by atoms with Crippen LogP contribution in [0.1, 0.15) is 22.2 Å². The van der Waals surface area contributed by atoms with Crippen molar-refractivity contribution in [1.29, 1.82) is 0 Å². The van der Waals surface area contributed by atoms with Gasteiger partial charge in [0.1, 0.15) is 5.82 Å². The fraction of sp³-hybridized carbons (Fsp3) is 0.400. The number of primary amides is 1. The van der Waals surface area contributed by atoms with Crippen LogP contribution in [0.25, 0.3) is 0 Å². The molecule has 0 saturated carbocycles. The molecule has 0 aliphatic rings. The van der Waals surface area contributed by atoms with E-state index in [2.05, 4.69) is 41.6 Å². The minimum Gasteiger partial charge on any atom is -0.369 e. The van der Waals surface area contributed by atoms with Crippen molar-refractivity contribution in [2.24, 2.45) is 16.6 Å². The Morgan fingerprint density at radius 1 is 1.22 bits per heavy atom. The summed E-state index contributed by atoms with van der Waals surface area (Å²) in [5, 5.41) is 6.51. The van der Waals surface area contributed by atoms with Crippen LogP contribution in [0.3, 0.4) is 0 Å². The lowest BCUT2D eigenvalue weighted by molar-refractivity contribution is -0.121. The molecule has 0 radical (unpaired) electrons. The summed E-state index contributed by atoms with van der Waals surface area (Å²) < 4.78 is 13.0.